The number of amides is 1. The number of carbonyl (C=O) groups is 1. The van der Waals surface area contributed by atoms with Gasteiger partial charge in [-0.05, 0) is 44.7 Å². The zero-order valence-corrected chi connectivity index (χ0v) is 15.7. The van der Waals surface area contributed by atoms with Crippen molar-refractivity contribution in [3.8, 4) is 0 Å². The van der Waals surface area contributed by atoms with E-state index >= 15 is 0 Å². The van der Waals surface area contributed by atoms with Gasteiger partial charge in [0.25, 0.3) is 0 Å². The smallest absolute Gasteiger partial charge is 0.220 e. The van der Waals surface area contributed by atoms with Crippen LogP contribution in [0.2, 0.25) is 0 Å². The number of hydrogen-bond acceptors (Lipinski definition) is 5. The number of nitrogens with one attached hydrogen (secondary N) is 2. The van der Waals surface area contributed by atoms with E-state index in [4.69, 9.17) is 4.74 Å². The number of carbonyl (C=O) groups excluding carboxylic acids is 1. The average Bonchev–Trinajstić information content (AvgIpc) is 3.07. The minimum Gasteiger partial charge on any atom is -0.376 e. The van der Waals surface area contributed by atoms with Crippen LogP contribution in [0.15, 0.2) is 24.3 Å². The summed E-state index contributed by atoms with van der Waals surface area (Å²) in [6, 6.07) is 8.37. The standard InChI is InChI=1S/C19H27N5O2/c1-14-6-4-5-7-15(14)19(9-11-26-18(2,3)13-19)12-17(25)20-10-8-16-21-23-24-22-16/h4-7H,8-13H2,1-3H3,(H,20,25)(H,21,22,23,24)/t19-/m0/s1. The molecule has 1 aromatic heterocycles. The molecule has 1 aliphatic rings. The highest BCUT2D eigenvalue weighted by atomic mass is 16.5. The lowest BCUT2D eigenvalue weighted by atomic mass is 9.66. The van der Waals surface area contributed by atoms with Crippen LogP contribution in [0.5, 0.6) is 0 Å². The molecule has 0 bridgehead atoms. The van der Waals surface area contributed by atoms with Gasteiger partial charge in [0.2, 0.25) is 5.91 Å². The van der Waals surface area contributed by atoms with Gasteiger partial charge in [-0.2, -0.15) is 5.21 Å². The fourth-order valence-electron chi connectivity index (χ4n) is 4.09. The molecular formula is C19H27N5O2. The van der Waals surface area contributed by atoms with Crippen molar-refractivity contribution in [2.75, 3.05) is 13.2 Å². The average molecular weight is 357 g/mol. The molecule has 26 heavy (non-hydrogen) atoms. The van der Waals surface area contributed by atoms with Crippen molar-refractivity contribution in [3.05, 3.63) is 41.2 Å². The third-order valence-electron chi connectivity index (χ3n) is 5.11. The first kappa shape index (κ1) is 18.5. The van der Waals surface area contributed by atoms with Crippen LogP contribution in [0, 0.1) is 6.92 Å². The Morgan fingerprint density at radius 3 is 2.85 bits per heavy atom. The number of aromatic amines is 1. The van der Waals surface area contributed by atoms with Crippen molar-refractivity contribution in [1.82, 2.24) is 25.9 Å². The summed E-state index contributed by atoms with van der Waals surface area (Å²) >= 11 is 0. The third kappa shape index (κ3) is 4.27. The van der Waals surface area contributed by atoms with Gasteiger partial charge in [0, 0.05) is 31.4 Å². The predicted octanol–water partition coefficient (Wildman–Crippen LogP) is 2.08. The first-order chi connectivity index (χ1) is 12.4. The molecule has 0 saturated carbocycles. The number of aryl methyl sites for hydroxylation is 1. The fraction of sp³-hybridized carbons (Fsp3) is 0.579. The molecule has 2 heterocycles. The SMILES string of the molecule is Cc1ccccc1[C@]1(CC(=O)NCCc2nn[nH]n2)CCOC(C)(C)C1. The number of tetrazole rings is 1. The van der Waals surface area contributed by atoms with Crippen LogP contribution < -0.4 is 5.32 Å². The Morgan fingerprint density at radius 1 is 1.35 bits per heavy atom. The number of aromatic nitrogens is 4. The Morgan fingerprint density at radius 2 is 2.15 bits per heavy atom. The molecule has 0 aliphatic carbocycles. The van der Waals surface area contributed by atoms with Crippen LogP contribution in [0.25, 0.3) is 0 Å². The Bertz CT molecular complexity index is 744. The highest BCUT2D eigenvalue weighted by Crippen LogP contribution is 2.45. The molecule has 0 spiro atoms. The number of hydrogen-bond donors (Lipinski definition) is 2. The lowest BCUT2D eigenvalue weighted by molar-refractivity contribution is -0.126. The van der Waals surface area contributed by atoms with Gasteiger partial charge in [-0.1, -0.05) is 29.5 Å². The fourth-order valence-corrected chi connectivity index (χ4v) is 4.09. The third-order valence-corrected chi connectivity index (χ3v) is 5.11. The molecule has 7 heteroatoms. The topological polar surface area (TPSA) is 92.8 Å². The maximum atomic E-state index is 12.7. The Balaban J connectivity index is 1.73. The molecule has 1 amide bonds. The highest BCUT2D eigenvalue weighted by molar-refractivity contribution is 5.77. The van der Waals surface area contributed by atoms with E-state index in [1.54, 1.807) is 0 Å². The summed E-state index contributed by atoms with van der Waals surface area (Å²) < 4.78 is 5.93. The van der Waals surface area contributed by atoms with Gasteiger partial charge in [0.15, 0.2) is 5.82 Å². The zero-order chi connectivity index (χ0) is 18.6. The summed E-state index contributed by atoms with van der Waals surface area (Å²) in [4.78, 5) is 12.7. The second kappa shape index (κ2) is 7.53. The molecule has 0 unspecified atom stereocenters. The van der Waals surface area contributed by atoms with E-state index in [0.29, 0.717) is 31.8 Å². The van der Waals surface area contributed by atoms with Crippen molar-refractivity contribution in [1.29, 1.82) is 0 Å². The minimum atomic E-state index is -0.245. The van der Waals surface area contributed by atoms with Gasteiger partial charge in [-0.15, -0.1) is 10.2 Å². The van der Waals surface area contributed by atoms with Crippen LogP contribution in [-0.4, -0.2) is 45.3 Å². The number of rotatable bonds is 6. The molecule has 1 aromatic carbocycles. The van der Waals surface area contributed by atoms with E-state index in [2.05, 4.69) is 64.9 Å². The Kier molecular flexibility index (Phi) is 5.36. The quantitative estimate of drug-likeness (QED) is 0.826. The maximum absolute atomic E-state index is 12.7. The highest BCUT2D eigenvalue weighted by Gasteiger charge is 2.44. The second-order valence-corrected chi connectivity index (χ2v) is 7.73. The van der Waals surface area contributed by atoms with E-state index in [1.165, 1.54) is 11.1 Å². The first-order valence-corrected chi connectivity index (χ1v) is 9.09. The van der Waals surface area contributed by atoms with Gasteiger partial charge in [0.05, 0.1) is 5.60 Å². The maximum Gasteiger partial charge on any atom is 0.220 e. The van der Waals surface area contributed by atoms with Crippen molar-refractivity contribution >= 4 is 5.91 Å². The molecule has 0 radical (unpaired) electrons. The van der Waals surface area contributed by atoms with Gasteiger partial charge in [0.1, 0.15) is 0 Å². The van der Waals surface area contributed by atoms with E-state index in [1.807, 2.05) is 6.07 Å². The molecule has 2 N–H and O–H groups in total. The van der Waals surface area contributed by atoms with Crippen molar-refractivity contribution in [3.63, 3.8) is 0 Å². The van der Waals surface area contributed by atoms with Crippen LogP contribution in [0.4, 0.5) is 0 Å². The van der Waals surface area contributed by atoms with E-state index in [-0.39, 0.29) is 16.9 Å². The van der Waals surface area contributed by atoms with Crippen molar-refractivity contribution in [2.45, 2.75) is 57.5 Å². The molecule has 2 aromatic rings. The van der Waals surface area contributed by atoms with Crippen molar-refractivity contribution < 1.29 is 9.53 Å². The Hall–Kier alpha value is -2.28. The normalized spacial score (nSPS) is 22.1. The van der Waals surface area contributed by atoms with Crippen LogP contribution >= 0.6 is 0 Å². The van der Waals surface area contributed by atoms with Gasteiger partial charge in [-0.3, -0.25) is 4.79 Å². The molecule has 1 aliphatic heterocycles. The van der Waals surface area contributed by atoms with E-state index < -0.39 is 0 Å². The summed E-state index contributed by atoms with van der Waals surface area (Å²) in [5.74, 6) is 0.653. The number of benzene rings is 1. The molecule has 3 rings (SSSR count). The lowest BCUT2D eigenvalue weighted by Gasteiger charge is -2.45. The molecule has 1 atom stereocenters. The summed E-state index contributed by atoms with van der Waals surface area (Å²) in [5, 5.41) is 16.8. The lowest BCUT2D eigenvalue weighted by Crippen LogP contribution is -2.47. The summed E-state index contributed by atoms with van der Waals surface area (Å²) in [5.41, 5.74) is 2.03. The summed E-state index contributed by atoms with van der Waals surface area (Å²) in [6.45, 7) is 7.49. The number of ether oxygens (including phenoxy) is 1. The predicted molar refractivity (Wildman–Crippen MR) is 97.6 cm³/mol. The van der Waals surface area contributed by atoms with Gasteiger partial charge in [-0.25, -0.2) is 0 Å². The number of H-pyrrole nitrogens is 1. The Labute approximate surface area is 153 Å². The molecular weight excluding hydrogens is 330 g/mol. The molecule has 140 valence electrons. The summed E-state index contributed by atoms with van der Waals surface area (Å²) in [7, 11) is 0. The van der Waals surface area contributed by atoms with E-state index in [9.17, 15) is 4.79 Å². The van der Waals surface area contributed by atoms with Gasteiger partial charge < -0.3 is 10.1 Å². The van der Waals surface area contributed by atoms with Gasteiger partial charge >= 0.3 is 0 Å². The molecule has 7 nitrogen and oxygen atoms in total. The van der Waals surface area contributed by atoms with Crippen LogP contribution in [-0.2, 0) is 21.4 Å². The monoisotopic (exact) mass is 357 g/mol. The zero-order valence-electron chi connectivity index (χ0n) is 15.7. The second-order valence-electron chi connectivity index (χ2n) is 7.73. The summed E-state index contributed by atoms with van der Waals surface area (Å²) in [6.07, 6.45) is 2.69. The molecule has 1 fully saturated rings. The van der Waals surface area contributed by atoms with Crippen LogP contribution in [0.1, 0.15) is 50.1 Å². The van der Waals surface area contributed by atoms with Crippen molar-refractivity contribution in [2.24, 2.45) is 0 Å². The largest absolute Gasteiger partial charge is 0.376 e. The number of nitrogens with zero attached hydrogens (tertiary/aromatic N) is 3. The first-order valence-electron chi connectivity index (χ1n) is 9.09. The van der Waals surface area contributed by atoms with Crippen LogP contribution in [0.3, 0.4) is 0 Å². The minimum absolute atomic E-state index is 0.0504. The molecule has 1 saturated heterocycles. The van der Waals surface area contributed by atoms with E-state index in [0.717, 1.165) is 12.8 Å².